The normalized spacial score (nSPS) is 26.1. The molecule has 2 saturated heterocycles. The molecular formula is C30H44N2O8. The molecule has 0 unspecified atom stereocenters. The molecular weight excluding hydrogens is 516 g/mol. The number of amides is 1. The fourth-order valence-electron chi connectivity index (χ4n) is 5.21. The van der Waals surface area contributed by atoms with E-state index in [0.717, 1.165) is 44.2 Å². The lowest BCUT2D eigenvalue weighted by Gasteiger charge is -2.36. The van der Waals surface area contributed by atoms with E-state index in [4.69, 9.17) is 18.6 Å². The number of esters is 2. The van der Waals surface area contributed by atoms with Crippen molar-refractivity contribution in [2.24, 2.45) is 5.92 Å². The lowest BCUT2D eigenvalue weighted by atomic mass is 9.90. The summed E-state index contributed by atoms with van der Waals surface area (Å²) < 4.78 is 27.7. The van der Waals surface area contributed by atoms with Gasteiger partial charge in [0.15, 0.2) is 0 Å². The Morgan fingerprint density at radius 3 is 2.80 bits per heavy atom. The first kappa shape index (κ1) is 31.4. The quantitative estimate of drug-likeness (QED) is 0.230. The SMILES string of the molecule is CCC[C@H]1CCC[C@H](C)C[C@@H]2C[C@@H](OC(=O)/C=C\CCc3coc(/C=C\CNC(=O)OC)n3)C[C@H](CC(=O)O1)O2. The highest BCUT2D eigenvalue weighted by molar-refractivity contribution is 5.82. The minimum atomic E-state index is -0.509. The maximum absolute atomic E-state index is 12.6. The number of nitrogens with zero attached hydrogens (tertiary/aromatic N) is 1. The number of hydrogen-bond acceptors (Lipinski definition) is 9. The number of fused-ring (bicyclic) bond motifs is 2. The fraction of sp³-hybridized carbons (Fsp3) is 0.667. The van der Waals surface area contributed by atoms with E-state index in [9.17, 15) is 14.4 Å². The van der Waals surface area contributed by atoms with Crippen molar-refractivity contribution in [2.45, 2.75) is 109 Å². The van der Waals surface area contributed by atoms with Crippen molar-refractivity contribution in [3.8, 4) is 0 Å². The van der Waals surface area contributed by atoms with Gasteiger partial charge in [0.25, 0.3) is 0 Å². The van der Waals surface area contributed by atoms with Gasteiger partial charge in [0.05, 0.1) is 31.4 Å². The third-order valence-electron chi connectivity index (χ3n) is 7.11. The van der Waals surface area contributed by atoms with E-state index in [1.165, 1.54) is 13.2 Å². The van der Waals surface area contributed by atoms with Gasteiger partial charge in [-0.25, -0.2) is 14.6 Å². The molecule has 3 heterocycles. The molecule has 1 aromatic heterocycles. The maximum atomic E-state index is 12.6. The third-order valence-corrected chi connectivity index (χ3v) is 7.11. The van der Waals surface area contributed by atoms with E-state index in [2.05, 4.69) is 28.9 Å². The second-order valence-corrected chi connectivity index (χ2v) is 10.7. The first-order valence-corrected chi connectivity index (χ1v) is 14.5. The van der Waals surface area contributed by atoms with Crippen molar-refractivity contribution in [1.82, 2.24) is 10.3 Å². The summed E-state index contributed by atoms with van der Waals surface area (Å²) >= 11 is 0. The van der Waals surface area contributed by atoms with Crippen LogP contribution in [0.5, 0.6) is 0 Å². The predicted molar refractivity (Wildman–Crippen MR) is 148 cm³/mol. The largest absolute Gasteiger partial charge is 0.462 e. The summed E-state index contributed by atoms with van der Waals surface area (Å²) in [4.78, 5) is 40.6. The van der Waals surface area contributed by atoms with Gasteiger partial charge >= 0.3 is 18.0 Å². The number of aromatic nitrogens is 1. The summed E-state index contributed by atoms with van der Waals surface area (Å²) in [6.07, 6.45) is 15.2. The minimum Gasteiger partial charge on any atom is -0.462 e. The summed E-state index contributed by atoms with van der Waals surface area (Å²) in [5.41, 5.74) is 0.754. The molecule has 40 heavy (non-hydrogen) atoms. The Morgan fingerprint density at radius 1 is 1.18 bits per heavy atom. The van der Waals surface area contributed by atoms with Gasteiger partial charge in [-0.15, -0.1) is 0 Å². The molecule has 10 nitrogen and oxygen atoms in total. The molecule has 3 rings (SSSR count). The molecule has 2 bridgehead atoms. The summed E-state index contributed by atoms with van der Waals surface area (Å²) in [7, 11) is 1.30. The van der Waals surface area contributed by atoms with Gasteiger partial charge < -0.3 is 28.7 Å². The zero-order valence-corrected chi connectivity index (χ0v) is 24.0. The van der Waals surface area contributed by atoms with Crippen LogP contribution in [0.3, 0.4) is 0 Å². The number of cyclic esters (lactones) is 1. The molecule has 222 valence electrons. The topological polar surface area (TPSA) is 126 Å². The van der Waals surface area contributed by atoms with Crippen molar-refractivity contribution in [3.05, 3.63) is 36.1 Å². The van der Waals surface area contributed by atoms with Crippen LogP contribution < -0.4 is 5.32 Å². The van der Waals surface area contributed by atoms with Gasteiger partial charge in [-0.05, 0) is 50.5 Å². The molecule has 10 heteroatoms. The van der Waals surface area contributed by atoms with Gasteiger partial charge in [0, 0.05) is 25.5 Å². The van der Waals surface area contributed by atoms with Crippen molar-refractivity contribution < 1.29 is 37.7 Å². The number of carbonyl (C=O) groups is 3. The second-order valence-electron chi connectivity index (χ2n) is 10.7. The molecule has 2 aliphatic heterocycles. The molecule has 0 aromatic carbocycles. The summed E-state index contributed by atoms with van der Waals surface area (Å²) in [6, 6.07) is 0. The van der Waals surface area contributed by atoms with Crippen LogP contribution in [0.25, 0.3) is 6.08 Å². The number of carbonyl (C=O) groups excluding carboxylic acids is 3. The first-order chi connectivity index (χ1) is 19.3. The molecule has 2 aliphatic rings. The third kappa shape index (κ3) is 11.5. The Hall–Kier alpha value is -3.14. The van der Waals surface area contributed by atoms with Crippen LogP contribution in [0.15, 0.2) is 28.9 Å². The van der Waals surface area contributed by atoms with Gasteiger partial charge in [0.1, 0.15) is 18.5 Å². The van der Waals surface area contributed by atoms with Crippen molar-refractivity contribution >= 4 is 24.1 Å². The summed E-state index contributed by atoms with van der Waals surface area (Å²) in [6.45, 7) is 4.64. The van der Waals surface area contributed by atoms with Crippen LogP contribution in [0, 0.1) is 5.92 Å². The summed E-state index contributed by atoms with van der Waals surface area (Å²) in [5, 5.41) is 2.53. The lowest BCUT2D eigenvalue weighted by molar-refractivity contribution is -0.166. The maximum Gasteiger partial charge on any atom is 0.407 e. The molecule has 2 fully saturated rings. The Morgan fingerprint density at radius 2 is 2.00 bits per heavy atom. The first-order valence-electron chi connectivity index (χ1n) is 14.5. The monoisotopic (exact) mass is 560 g/mol. The number of ether oxygens (including phenoxy) is 4. The molecule has 0 spiro atoms. The molecule has 1 amide bonds. The Bertz CT molecular complexity index is 1000. The molecule has 5 atom stereocenters. The van der Waals surface area contributed by atoms with Crippen LogP contribution in [0.1, 0.15) is 89.6 Å². The second kappa shape index (κ2) is 16.8. The zero-order chi connectivity index (χ0) is 28.7. The minimum absolute atomic E-state index is 0.0297. The van der Waals surface area contributed by atoms with Crippen molar-refractivity contribution in [2.75, 3.05) is 13.7 Å². The average molecular weight is 561 g/mol. The van der Waals surface area contributed by atoms with Gasteiger partial charge in [-0.2, -0.15) is 0 Å². The smallest absolute Gasteiger partial charge is 0.407 e. The van der Waals surface area contributed by atoms with Crippen molar-refractivity contribution in [3.63, 3.8) is 0 Å². The number of hydrogen-bond donors (Lipinski definition) is 1. The molecule has 0 saturated carbocycles. The molecule has 0 aliphatic carbocycles. The predicted octanol–water partition coefficient (Wildman–Crippen LogP) is 5.30. The zero-order valence-electron chi connectivity index (χ0n) is 24.0. The lowest BCUT2D eigenvalue weighted by Crippen LogP contribution is -2.40. The molecule has 1 N–H and O–H groups in total. The van der Waals surface area contributed by atoms with Crippen LogP contribution in [0.2, 0.25) is 0 Å². The number of aryl methyl sites for hydroxylation is 1. The van der Waals surface area contributed by atoms with E-state index < -0.39 is 12.1 Å². The van der Waals surface area contributed by atoms with Crippen LogP contribution >= 0.6 is 0 Å². The van der Waals surface area contributed by atoms with E-state index in [-0.39, 0.29) is 36.8 Å². The van der Waals surface area contributed by atoms with E-state index >= 15 is 0 Å². The summed E-state index contributed by atoms with van der Waals surface area (Å²) in [5.74, 6) is 0.290. The standard InChI is InChI=1S/C30H44N2O8/c1-4-9-23-12-7-10-21(2)16-24-17-25(18-26(38-24)19-29(34)39-23)40-28(33)14-6-5-11-22-20-37-27(32-22)13-8-15-31-30(35)36-3/h6,8,13-14,20-21,23-26H,4-5,7,9-12,15-19H2,1-3H3,(H,31,35)/b13-8-,14-6-/t21-,23-,24+,25+,26+/m0/s1. The van der Waals surface area contributed by atoms with Gasteiger partial charge in [-0.1, -0.05) is 38.8 Å². The van der Waals surface area contributed by atoms with Gasteiger partial charge in [0.2, 0.25) is 5.89 Å². The highest BCUT2D eigenvalue weighted by Crippen LogP contribution is 2.31. The number of rotatable bonds is 10. The number of oxazole rings is 1. The van der Waals surface area contributed by atoms with E-state index in [1.54, 1.807) is 24.5 Å². The Kier molecular flexibility index (Phi) is 13.2. The number of allylic oxidation sites excluding steroid dienone is 1. The molecule has 0 radical (unpaired) electrons. The highest BCUT2D eigenvalue weighted by atomic mass is 16.6. The number of methoxy groups -OCH3 is 1. The van der Waals surface area contributed by atoms with Crippen LogP contribution in [0.4, 0.5) is 4.79 Å². The molecule has 1 aromatic rings. The van der Waals surface area contributed by atoms with Crippen LogP contribution in [-0.2, 0) is 35.0 Å². The Labute approximate surface area is 236 Å². The Balaban J connectivity index is 1.45. The average Bonchev–Trinajstić information content (AvgIpc) is 3.36. The fourth-order valence-corrected chi connectivity index (χ4v) is 5.21. The number of nitrogens with one attached hydrogen (secondary N) is 1. The van der Waals surface area contributed by atoms with E-state index in [1.807, 2.05) is 0 Å². The van der Waals surface area contributed by atoms with E-state index in [0.29, 0.717) is 44.0 Å². The van der Waals surface area contributed by atoms with Gasteiger partial charge in [-0.3, -0.25) is 4.79 Å². The van der Waals surface area contributed by atoms with Crippen molar-refractivity contribution in [1.29, 1.82) is 0 Å². The highest BCUT2D eigenvalue weighted by Gasteiger charge is 2.34. The number of alkyl carbamates (subject to hydrolysis) is 1. The van der Waals surface area contributed by atoms with Crippen LogP contribution in [-0.4, -0.2) is 61.1 Å².